The summed E-state index contributed by atoms with van der Waals surface area (Å²) in [4.78, 5) is 51.0. The lowest BCUT2D eigenvalue weighted by Gasteiger charge is -2.31. The number of hydrogen-bond donors (Lipinski definition) is 2. The predicted molar refractivity (Wildman–Crippen MR) is 122 cm³/mol. The number of piperidine rings is 1. The van der Waals surface area contributed by atoms with E-state index in [1.807, 2.05) is 13.8 Å². The fourth-order valence-corrected chi connectivity index (χ4v) is 5.71. The van der Waals surface area contributed by atoms with Crippen LogP contribution >= 0.6 is 23.2 Å². The first-order chi connectivity index (χ1) is 16.4. The second-order valence-electron chi connectivity index (χ2n) is 9.83. The lowest BCUT2D eigenvalue weighted by atomic mass is 9.95. The zero-order valence-electron chi connectivity index (χ0n) is 19.0. The van der Waals surface area contributed by atoms with Crippen LogP contribution in [0.25, 0.3) is 0 Å². The lowest BCUT2D eigenvalue weighted by Crippen LogP contribution is -2.54. The first-order valence-corrected chi connectivity index (χ1v) is 11.9. The molecular formula is C23H25Cl2F2N3O5. The lowest BCUT2D eigenvalue weighted by molar-refractivity contribution is -0.142. The van der Waals surface area contributed by atoms with E-state index in [-0.39, 0.29) is 34.6 Å². The van der Waals surface area contributed by atoms with Crippen LogP contribution < -0.4 is 15.4 Å². The van der Waals surface area contributed by atoms with E-state index >= 15 is 0 Å². The maximum Gasteiger partial charge on any atom is 0.276 e. The number of nitrogens with zero attached hydrogens (tertiary/aromatic N) is 1. The molecule has 2 saturated heterocycles. The summed E-state index contributed by atoms with van der Waals surface area (Å²) in [6.07, 6.45) is -0.202. The Balaban J connectivity index is 1.44. The monoisotopic (exact) mass is 531 g/mol. The number of hydrogen-bond acceptors (Lipinski definition) is 5. The van der Waals surface area contributed by atoms with Gasteiger partial charge in [-0.1, -0.05) is 37.0 Å². The molecule has 190 valence electrons. The summed E-state index contributed by atoms with van der Waals surface area (Å²) >= 11 is 11.9. The molecule has 0 aromatic heterocycles. The molecule has 3 amide bonds. The molecule has 35 heavy (non-hydrogen) atoms. The van der Waals surface area contributed by atoms with E-state index in [0.29, 0.717) is 17.9 Å². The number of amides is 3. The van der Waals surface area contributed by atoms with Gasteiger partial charge in [0.25, 0.3) is 11.8 Å². The fourth-order valence-electron chi connectivity index (χ4n) is 5.25. The van der Waals surface area contributed by atoms with Crippen molar-refractivity contribution in [2.75, 3.05) is 19.7 Å². The second kappa shape index (κ2) is 9.20. The Morgan fingerprint density at radius 2 is 2.06 bits per heavy atom. The van der Waals surface area contributed by atoms with E-state index in [0.717, 1.165) is 0 Å². The van der Waals surface area contributed by atoms with Crippen molar-refractivity contribution in [3.05, 3.63) is 28.2 Å². The highest BCUT2D eigenvalue weighted by Crippen LogP contribution is 2.64. The molecule has 0 bridgehead atoms. The van der Waals surface area contributed by atoms with Gasteiger partial charge in [0, 0.05) is 11.6 Å². The molecule has 1 unspecified atom stereocenters. The van der Waals surface area contributed by atoms with E-state index < -0.39 is 54.6 Å². The summed E-state index contributed by atoms with van der Waals surface area (Å²) in [6, 6.07) is 2.36. The molecule has 3 aliphatic rings. The number of rotatable bonds is 8. The third kappa shape index (κ3) is 4.82. The van der Waals surface area contributed by atoms with Gasteiger partial charge in [0.05, 0.1) is 17.6 Å². The van der Waals surface area contributed by atoms with Crippen molar-refractivity contribution in [1.82, 2.24) is 15.5 Å². The van der Waals surface area contributed by atoms with Crippen LogP contribution in [-0.4, -0.2) is 66.6 Å². The molecule has 1 saturated carbocycles. The minimum atomic E-state index is -3.32. The normalized spacial score (nSPS) is 28.6. The smallest absolute Gasteiger partial charge is 0.276 e. The summed E-state index contributed by atoms with van der Waals surface area (Å²) in [7, 11) is 0. The minimum Gasteiger partial charge on any atom is -0.482 e. The molecule has 2 aliphatic heterocycles. The zero-order chi connectivity index (χ0) is 25.7. The Kier molecular flexibility index (Phi) is 6.74. The zero-order valence-corrected chi connectivity index (χ0v) is 20.5. The molecule has 0 spiro atoms. The SMILES string of the molecule is CC1(C)[C@H]2CN(C(=O)COc3ccc(Cl)cc3Cl)C(C(=O)N[C@H](C=O)C[C@H]3C(=O)NCC3(F)F)[C@@H]21. The van der Waals surface area contributed by atoms with Crippen molar-refractivity contribution < 1.29 is 32.7 Å². The molecule has 0 radical (unpaired) electrons. The van der Waals surface area contributed by atoms with Gasteiger partial charge in [-0.2, -0.15) is 0 Å². The van der Waals surface area contributed by atoms with Gasteiger partial charge in [-0.3, -0.25) is 14.4 Å². The number of ether oxygens (including phenoxy) is 1. The molecule has 12 heteroatoms. The minimum absolute atomic E-state index is 0.0703. The van der Waals surface area contributed by atoms with Crippen LogP contribution in [0.3, 0.4) is 0 Å². The Labute approximate surface area is 210 Å². The molecule has 8 nitrogen and oxygen atoms in total. The van der Waals surface area contributed by atoms with Crippen LogP contribution in [-0.2, 0) is 19.2 Å². The number of halogens is 4. The highest BCUT2D eigenvalue weighted by molar-refractivity contribution is 6.35. The molecule has 2 N–H and O–H groups in total. The van der Waals surface area contributed by atoms with Gasteiger partial charge in [0.2, 0.25) is 11.8 Å². The molecule has 5 atom stereocenters. The summed E-state index contributed by atoms with van der Waals surface area (Å²) < 4.78 is 33.5. The summed E-state index contributed by atoms with van der Waals surface area (Å²) in [5.41, 5.74) is -0.200. The van der Waals surface area contributed by atoms with Gasteiger partial charge in [-0.15, -0.1) is 0 Å². The Morgan fingerprint density at radius 3 is 2.66 bits per heavy atom. The maximum absolute atomic E-state index is 14.0. The fraction of sp³-hybridized carbons (Fsp3) is 0.565. The first kappa shape index (κ1) is 25.6. The molecule has 3 fully saturated rings. The molecule has 1 aliphatic carbocycles. The molecular weight excluding hydrogens is 507 g/mol. The molecule has 1 aromatic carbocycles. The van der Waals surface area contributed by atoms with Crippen LogP contribution in [0.1, 0.15) is 20.3 Å². The number of carbonyl (C=O) groups excluding carboxylic acids is 4. The van der Waals surface area contributed by atoms with E-state index in [1.54, 1.807) is 6.07 Å². The average molecular weight is 532 g/mol. The number of likely N-dealkylation sites (tertiary alicyclic amines) is 1. The third-order valence-electron chi connectivity index (χ3n) is 7.35. The first-order valence-electron chi connectivity index (χ1n) is 11.2. The molecule has 2 heterocycles. The highest BCUT2D eigenvalue weighted by atomic mass is 35.5. The predicted octanol–water partition coefficient (Wildman–Crippen LogP) is 2.31. The maximum atomic E-state index is 14.0. The van der Waals surface area contributed by atoms with Crippen LogP contribution in [0, 0.1) is 23.2 Å². The Morgan fingerprint density at radius 1 is 1.34 bits per heavy atom. The quantitative estimate of drug-likeness (QED) is 0.501. The second-order valence-corrected chi connectivity index (χ2v) is 10.7. The summed E-state index contributed by atoms with van der Waals surface area (Å²) in [6.45, 7) is 3.10. The van der Waals surface area contributed by atoms with Gasteiger partial charge in [-0.25, -0.2) is 8.78 Å². The molecule has 1 aromatic rings. The van der Waals surface area contributed by atoms with E-state index in [2.05, 4.69) is 10.6 Å². The van der Waals surface area contributed by atoms with Gasteiger partial charge < -0.3 is 25.1 Å². The van der Waals surface area contributed by atoms with Crippen molar-refractivity contribution in [3.63, 3.8) is 0 Å². The van der Waals surface area contributed by atoms with Crippen LogP contribution in [0.15, 0.2) is 18.2 Å². The van der Waals surface area contributed by atoms with E-state index in [9.17, 15) is 28.0 Å². The third-order valence-corrected chi connectivity index (χ3v) is 7.88. The van der Waals surface area contributed by atoms with E-state index in [4.69, 9.17) is 27.9 Å². The van der Waals surface area contributed by atoms with E-state index in [1.165, 1.54) is 17.0 Å². The number of nitrogens with one attached hydrogen (secondary N) is 2. The molecule has 4 rings (SSSR count). The van der Waals surface area contributed by atoms with Crippen LogP contribution in [0.2, 0.25) is 10.0 Å². The highest BCUT2D eigenvalue weighted by Gasteiger charge is 2.69. The van der Waals surface area contributed by atoms with Crippen molar-refractivity contribution in [1.29, 1.82) is 0 Å². The van der Waals surface area contributed by atoms with Crippen molar-refractivity contribution in [2.24, 2.45) is 23.2 Å². The number of carbonyl (C=O) groups is 4. The average Bonchev–Trinajstić information content (AvgIpc) is 3.07. The number of benzene rings is 1. The van der Waals surface area contributed by atoms with Crippen molar-refractivity contribution in [3.8, 4) is 5.75 Å². The van der Waals surface area contributed by atoms with Gasteiger partial charge in [0.1, 0.15) is 24.0 Å². The number of fused-ring (bicyclic) bond motifs is 1. The van der Waals surface area contributed by atoms with Crippen molar-refractivity contribution >= 4 is 47.2 Å². The Bertz CT molecular complexity index is 1070. The van der Waals surface area contributed by atoms with Gasteiger partial charge >= 0.3 is 0 Å². The topological polar surface area (TPSA) is 105 Å². The Hall–Kier alpha value is -2.46. The number of aldehydes is 1. The van der Waals surface area contributed by atoms with Crippen molar-refractivity contribution in [2.45, 2.75) is 38.3 Å². The number of alkyl halides is 2. The summed E-state index contributed by atoms with van der Waals surface area (Å²) in [5, 5.41) is 5.19. The summed E-state index contributed by atoms with van der Waals surface area (Å²) in [5.74, 6) is -6.82. The van der Waals surface area contributed by atoms with Crippen LogP contribution in [0.5, 0.6) is 5.75 Å². The largest absolute Gasteiger partial charge is 0.482 e. The van der Waals surface area contributed by atoms with Crippen LogP contribution in [0.4, 0.5) is 8.78 Å². The standard InChI is InChI=1S/C23H25Cl2F2N3O5/c1-22(2)14-7-30(17(32)9-35-16-4-3-11(24)5-15(16)25)19(18(14)22)21(34)29-12(8-31)6-13-20(33)28-10-23(13,26)27/h3-5,8,12-14,18-19H,6-7,9-10H2,1-2H3,(H,28,33)(H,29,34)/t12-,13-,14-,18+,19?/m0/s1. The van der Waals surface area contributed by atoms with Gasteiger partial charge in [0.15, 0.2) is 6.61 Å². The van der Waals surface area contributed by atoms with Gasteiger partial charge in [-0.05, 0) is 41.9 Å².